The van der Waals surface area contributed by atoms with Gasteiger partial charge in [-0.15, -0.1) is 0 Å². The molecule has 1 heterocycles. The quantitative estimate of drug-likeness (QED) is 0.438. The molecule has 3 atom stereocenters. The first-order valence-electron chi connectivity index (χ1n) is 12.6. The second kappa shape index (κ2) is 11.4. The standard InChI is InChI=1S/C30H30F2N4O4/c1-30(2,3)25(34-27(38)24(37)18-14-19(31)16-20(32)15-18)28(39)35-26-29(40)36(4)22-13-9-8-12-21(22)23(33-26)17-10-6-5-7-11-17/h5-16,24-26,37H,1-4H3,(H,34,38)(H,35,39)/t24?,25-,26?/m1/s1. The van der Waals surface area contributed by atoms with Crippen LogP contribution in [0.5, 0.6) is 0 Å². The molecule has 0 aliphatic carbocycles. The lowest BCUT2D eigenvalue weighted by molar-refractivity contribution is -0.137. The summed E-state index contributed by atoms with van der Waals surface area (Å²) in [5, 5.41) is 15.6. The Bertz CT molecular complexity index is 1450. The maximum Gasteiger partial charge on any atom is 0.272 e. The topological polar surface area (TPSA) is 111 Å². The highest BCUT2D eigenvalue weighted by molar-refractivity contribution is 6.20. The summed E-state index contributed by atoms with van der Waals surface area (Å²) in [6, 6.07) is 17.5. The molecule has 40 heavy (non-hydrogen) atoms. The Balaban J connectivity index is 1.64. The molecule has 1 aliphatic rings. The molecule has 3 N–H and O–H groups in total. The molecule has 2 unspecified atom stereocenters. The lowest BCUT2D eigenvalue weighted by atomic mass is 9.85. The summed E-state index contributed by atoms with van der Waals surface area (Å²) in [5.41, 5.74) is 1.35. The van der Waals surface area contributed by atoms with Gasteiger partial charge in [-0.25, -0.2) is 13.8 Å². The van der Waals surface area contributed by atoms with Crippen molar-refractivity contribution >= 4 is 29.1 Å². The molecule has 4 rings (SSSR count). The third-order valence-corrected chi connectivity index (χ3v) is 6.53. The van der Waals surface area contributed by atoms with Crippen LogP contribution in [0.4, 0.5) is 14.5 Å². The molecule has 3 amide bonds. The Morgan fingerprint density at radius 3 is 2.17 bits per heavy atom. The smallest absolute Gasteiger partial charge is 0.272 e. The number of amides is 3. The number of aliphatic hydroxyl groups is 1. The number of benzodiazepines with no additional fused rings is 1. The number of benzene rings is 3. The minimum atomic E-state index is -1.94. The van der Waals surface area contributed by atoms with Crippen molar-refractivity contribution in [2.75, 3.05) is 11.9 Å². The van der Waals surface area contributed by atoms with E-state index in [1.165, 1.54) is 4.90 Å². The first-order chi connectivity index (χ1) is 18.9. The molecule has 0 fully saturated rings. The SMILES string of the molecule is CN1C(=O)C(NC(=O)[C@@H](NC(=O)C(O)c2cc(F)cc(F)c2)C(C)(C)C)N=C(c2ccccc2)c2ccccc21. The molecule has 10 heteroatoms. The molecule has 0 saturated heterocycles. The van der Waals surface area contributed by atoms with Crippen molar-refractivity contribution < 1.29 is 28.3 Å². The van der Waals surface area contributed by atoms with E-state index in [2.05, 4.69) is 15.6 Å². The van der Waals surface area contributed by atoms with Gasteiger partial charge in [0.25, 0.3) is 11.8 Å². The monoisotopic (exact) mass is 548 g/mol. The molecule has 0 saturated carbocycles. The molecule has 3 aromatic carbocycles. The van der Waals surface area contributed by atoms with Crippen molar-refractivity contribution in [2.24, 2.45) is 10.4 Å². The fourth-order valence-corrected chi connectivity index (χ4v) is 4.44. The largest absolute Gasteiger partial charge is 0.378 e. The van der Waals surface area contributed by atoms with Crippen molar-refractivity contribution in [3.63, 3.8) is 0 Å². The number of nitrogens with one attached hydrogen (secondary N) is 2. The van der Waals surface area contributed by atoms with Crippen LogP contribution in [0.3, 0.4) is 0 Å². The Labute approximate surface area is 230 Å². The summed E-state index contributed by atoms with van der Waals surface area (Å²) >= 11 is 0. The lowest BCUT2D eigenvalue weighted by Gasteiger charge is -2.32. The zero-order valence-electron chi connectivity index (χ0n) is 22.5. The highest BCUT2D eigenvalue weighted by atomic mass is 19.1. The Morgan fingerprint density at radius 2 is 1.55 bits per heavy atom. The Hall–Kier alpha value is -4.44. The number of carbonyl (C=O) groups excluding carboxylic acids is 3. The molecule has 0 bridgehead atoms. The van der Waals surface area contributed by atoms with Gasteiger partial charge in [-0.1, -0.05) is 69.3 Å². The van der Waals surface area contributed by atoms with Gasteiger partial charge < -0.3 is 20.6 Å². The summed E-state index contributed by atoms with van der Waals surface area (Å²) in [6.45, 7) is 5.05. The minimum Gasteiger partial charge on any atom is -0.378 e. The molecule has 3 aromatic rings. The average molecular weight is 549 g/mol. The van der Waals surface area contributed by atoms with Crippen LogP contribution in [0, 0.1) is 17.0 Å². The van der Waals surface area contributed by atoms with Crippen molar-refractivity contribution in [3.05, 3.63) is 101 Å². The number of likely N-dealkylation sites (N-methyl/N-ethyl adjacent to an activating group) is 1. The summed E-state index contributed by atoms with van der Waals surface area (Å²) in [5.74, 6) is -4.19. The van der Waals surface area contributed by atoms with Crippen LogP contribution in [0.25, 0.3) is 0 Å². The number of aliphatic imine (C=N–C) groups is 1. The van der Waals surface area contributed by atoms with Crippen LogP contribution in [0.1, 0.15) is 43.6 Å². The average Bonchev–Trinajstić information content (AvgIpc) is 3.01. The zero-order chi connectivity index (χ0) is 29.2. The molecule has 1 aliphatic heterocycles. The van der Waals surface area contributed by atoms with Gasteiger partial charge >= 0.3 is 0 Å². The number of nitrogens with zero attached hydrogens (tertiary/aromatic N) is 2. The lowest BCUT2D eigenvalue weighted by Crippen LogP contribution is -2.58. The van der Waals surface area contributed by atoms with E-state index < -0.39 is 53.1 Å². The van der Waals surface area contributed by atoms with Crippen molar-refractivity contribution in [1.29, 1.82) is 0 Å². The predicted molar refractivity (Wildman–Crippen MR) is 147 cm³/mol. The maximum atomic E-state index is 13.7. The number of rotatable bonds is 6. The van der Waals surface area contributed by atoms with E-state index in [9.17, 15) is 28.3 Å². The summed E-state index contributed by atoms with van der Waals surface area (Å²) in [7, 11) is 1.58. The first kappa shape index (κ1) is 28.6. The minimum absolute atomic E-state index is 0.307. The second-order valence-electron chi connectivity index (χ2n) is 10.6. The normalized spacial score (nSPS) is 16.8. The van der Waals surface area contributed by atoms with Crippen LogP contribution in [0.15, 0.2) is 77.8 Å². The molecular formula is C30H30F2N4O4. The molecule has 0 aromatic heterocycles. The molecule has 0 spiro atoms. The van der Waals surface area contributed by atoms with Crippen LogP contribution < -0.4 is 15.5 Å². The number of hydrogen-bond acceptors (Lipinski definition) is 5. The number of carbonyl (C=O) groups is 3. The van der Waals surface area contributed by atoms with Crippen LogP contribution >= 0.6 is 0 Å². The van der Waals surface area contributed by atoms with E-state index in [1.807, 2.05) is 42.5 Å². The predicted octanol–water partition coefficient (Wildman–Crippen LogP) is 3.49. The number of aliphatic hydroxyl groups excluding tert-OH is 1. The summed E-state index contributed by atoms with van der Waals surface area (Å²) in [4.78, 5) is 46.0. The van der Waals surface area contributed by atoms with Gasteiger partial charge in [0, 0.05) is 24.2 Å². The van der Waals surface area contributed by atoms with Crippen LogP contribution in [0.2, 0.25) is 0 Å². The Morgan fingerprint density at radius 1 is 0.950 bits per heavy atom. The highest BCUT2D eigenvalue weighted by Gasteiger charge is 2.38. The number of halogens is 2. The fraction of sp³-hybridized carbons (Fsp3) is 0.267. The van der Waals surface area contributed by atoms with E-state index in [0.29, 0.717) is 23.0 Å². The van der Waals surface area contributed by atoms with Gasteiger partial charge in [0.1, 0.15) is 17.7 Å². The van der Waals surface area contributed by atoms with E-state index in [1.54, 1.807) is 40.0 Å². The summed E-state index contributed by atoms with van der Waals surface area (Å²) in [6.07, 6.45) is -3.27. The number of hydrogen-bond donors (Lipinski definition) is 3. The van der Waals surface area contributed by atoms with Gasteiger partial charge in [-0.2, -0.15) is 0 Å². The first-order valence-corrected chi connectivity index (χ1v) is 12.6. The van der Waals surface area contributed by atoms with Crippen LogP contribution in [-0.2, 0) is 14.4 Å². The fourth-order valence-electron chi connectivity index (χ4n) is 4.44. The third kappa shape index (κ3) is 6.07. The maximum absolute atomic E-state index is 13.7. The van der Waals surface area contributed by atoms with Crippen molar-refractivity contribution in [2.45, 2.75) is 39.1 Å². The summed E-state index contributed by atoms with van der Waals surface area (Å²) < 4.78 is 27.3. The Kier molecular flexibility index (Phi) is 8.11. The molecule has 8 nitrogen and oxygen atoms in total. The van der Waals surface area contributed by atoms with E-state index >= 15 is 0 Å². The van der Waals surface area contributed by atoms with Gasteiger partial charge in [0.15, 0.2) is 6.10 Å². The van der Waals surface area contributed by atoms with Crippen molar-refractivity contribution in [1.82, 2.24) is 10.6 Å². The molecule has 208 valence electrons. The van der Waals surface area contributed by atoms with Gasteiger partial charge in [-0.3, -0.25) is 14.4 Å². The van der Waals surface area contributed by atoms with E-state index in [4.69, 9.17) is 0 Å². The highest BCUT2D eigenvalue weighted by Crippen LogP contribution is 2.28. The van der Waals surface area contributed by atoms with E-state index in [-0.39, 0.29) is 5.56 Å². The van der Waals surface area contributed by atoms with Gasteiger partial charge in [-0.05, 0) is 29.2 Å². The van der Waals surface area contributed by atoms with E-state index in [0.717, 1.165) is 17.7 Å². The number of para-hydroxylation sites is 1. The number of anilines is 1. The van der Waals surface area contributed by atoms with Crippen molar-refractivity contribution in [3.8, 4) is 0 Å². The van der Waals surface area contributed by atoms with Crippen LogP contribution in [-0.4, -0.2) is 47.8 Å². The zero-order valence-corrected chi connectivity index (χ0v) is 22.5. The van der Waals surface area contributed by atoms with Gasteiger partial charge in [0.05, 0.1) is 11.4 Å². The second-order valence-corrected chi connectivity index (χ2v) is 10.6. The molecule has 0 radical (unpaired) electrons. The number of fused-ring (bicyclic) bond motifs is 1. The molecular weight excluding hydrogens is 518 g/mol. The van der Waals surface area contributed by atoms with Gasteiger partial charge in [0.2, 0.25) is 12.1 Å². The third-order valence-electron chi connectivity index (χ3n) is 6.53.